The van der Waals surface area contributed by atoms with E-state index in [1.807, 2.05) is 13.0 Å². The van der Waals surface area contributed by atoms with Gasteiger partial charge in [0.25, 0.3) is 11.8 Å². The molecule has 5 aliphatic heterocycles. The number of likely N-dealkylation sites (N-methyl/N-ethyl adjacent to an activating group) is 3. The number of amides is 8. The molecule has 92 heavy (non-hydrogen) atoms. The van der Waals surface area contributed by atoms with Crippen molar-refractivity contribution in [2.75, 3.05) is 104 Å². The number of benzene rings is 2. The first-order chi connectivity index (χ1) is 43.6. The highest BCUT2D eigenvalue weighted by atomic mass is 35.5. The number of rotatable bonds is 19. The first-order valence-corrected chi connectivity index (χ1v) is 29.9. The van der Waals surface area contributed by atoms with Crippen molar-refractivity contribution in [3.8, 4) is 5.75 Å². The van der Waals surface area contributed by atoms with Crippen LogP contribution in [0.4, 0.5) is 36.2 Å². The number of aliphatic hydroxyl groups is 1. The molecule has 30 nitrogen and oxygen atoms in total. The quantitative estimate of drug-likeness (QED) is 0.0485. The molecule has 3 fully saturated rings. The summed E-state index contributed by atoms with van der Waals surface area (Å²) >= 11 is 6.82. The van der Waals surface area contributed by atoms with E-state index in [1.54, 1.807) is 50.3 Å². The van der Waals surface area contributed by atoms with Gasteiger partial charge >= 0.3 is 36.3 Å². The van der Waals surface area contributed by atoms with Gasteiger partial charge in [0.15, 0.2) is 5.72 Å². The minimum atomic E-state index is -1.92. The van der Waals surface area contributed by atoms with Crippen molar-refractivity contribution in [1.29, 1.82) is 0 Å². The number of nitrogens with zero attached hydrogens (tertiary/aromatic N) is 5. The van der Waals surface area contributed by atoms with Crippen molar-refractivity contribution in [3.63, 3.8) is 0 Å². The van der Waals surface area contributed by atoms with E-state index < -0.39 is 133 Å². The summed E-state index contributed by atoms with van der Waals surface area (Å²) in [6.45, 7) is 5.59. The second kappa shape index (κ2) is 31.7. The lowest BCUT2D eigenvalue weighted by Crippen LogP contribution is -2.63. The predicted molar refractivity (Wildman–Crippen MR) is 324 cm³/mol. The molecule has 0 aliphatic carbocycles. The van der Waals surface area contributed by atoms with E-state index >= 15 is 0 Å². The van der Waals surface area contributed by atoms with Gasteiger partial charge in [-0.05, 0) is 68.7 Å². The standard InChI is InChI=1S/C61H79ClN8O22/c1-35-13-11-15-46(83-10)61(81)30-45(89-57(78)65-61)36(2)54-60(4,91-54)47(29-51(74)69(8)43-27-39(25-35)28-44(82-9)53(43)62)90-55(76)37(3)68(7)48(71)20-24-86-58(79)66(5)21-22-67(6)59(80)87-32-38-16-17-41(64-56(77)88-40-14-12-23-84-34-85-33-40)42(26-38)63-31-52(75)92-70-49(72)18-19-50(70)73/h11-17,26-28,36-37,40,45-47,54,63,81H,18-25,29-34H2,1-10H3,(H,64,77)(H,65,78)/b14-12+,15-11+,35-13+/t36-,37+,40?,45+,46-,47+,54?,60+,61+/m1/s1. The van der Waals surface area contributed by atoms with E-state index in [-0.39, 0.29) is 81.8 Å². The minimum absolute atomic E-state index is 0.00212. The molecule has 0 spiro atoms. The zero-order valence-electron chi connectivity index (χ0n) is 52.8. The van der Waals surface area contributed by atoms with Gasteiger partial charge in [-0.1, -0.05) is 54.5 Å². The molecule has 31 heteroatoms. The molecule has 5 heterocycles. The van der Waals surface area contributed by atoms with Crippen LogP contribution in [-0.2, 0) is 89.3 Å². The Morgan fingerprint density at radius 2 is 1.63 bits per heavy atom. The maximum Gasteiger partial charge on any atom is 0.412 e. The van der Waals surface area contributed by atoms with Gasteiger partial charge in [-0.25, -0.2) is 28.8 Å². The van der Waals surface area contributed by atoms with Crippen LogP contribution in [0, 0.1) is 5.92 Å². The fourth-order valence-corrected chi connectivity index (χ4v) is 10.6. The van der Waals surface area contributed by atoms with Crippen molar-refractivity contribution in [2.45, 2.75) is 121 Å². The van der Waals surface area contributed by atoms with Crippen LogP contribution >= 0.6 is 11.6 Å². The Kier molecular flexibility index (Phi) is 24.4. The Morgan fingerprint density at radius 1 is 0.924 bits per heavy atom. The molecule has 502 valence electrons. The SMILES string of the molecule is COc1cc2cc(c1Cl)N(C)C(=O)C[C@H](OC(=O)[C@H](C)N(C)C(=O)CCOC(=O)N(C)CCN(C)C(=O)OCc1ccc(NC(=O)OC3/C=C/COCOC3)c(NCC(=O)ON3C(=O)CCC3=O)c1)[C@]1(C)OC1[C@H](C)[C@@H]1C[C@@](O)(NC(=O)O1)[C@H](OC)/C=C/C=C(\C)C2. The monoisotopic (exact) mass is 1310 g/mol. The second-order valence-corrected chi connectivity index (χ2v) is 23.2. The van der Waals surface area contributed by atoms with Gasteiger partial charge in [-0.3, -0.25) is 29.8 Å². The van der Waals surface area contributed by atoms with Crippen molar-refractivity contribution in [3.05, 3.63) is 82.4 Å². The topological polar surface area (TPSA) is 348 Å². The maximum absolute atomic E-state index is 14.4. The Bertz CT molecular complexity index is 3180. The number of anilines is 3. The number of fused-ring (bicyclic) bond motifs is 5. The van der Waals surface area contributed by atoms with Crippen LogP contribution in [0.15, 0.2) is 66.3 Å². The highest BCUT2D eigenvalue weighted by Gasteiger charge is 2.64. The van der Waals surface area contributed by atoms with Gasteiger partial charge in [-0.2, -0.15) is 0 Å². The van der Waals surface area contributed by atoms with Crippen LogP contribution < -0.4 is 25.6 Å². The van der Waals surface area contributed by atoms with Crippen molar-refractivity contribution in [1.82, 2.24) is 25.1 Å². The molecule has 5 aliphatic rings. The lowest BCUT2D eigenvalue weighted by Gasteiger charge is -2.42. The number of nitrogens with one attached hydrogen (secondary N) is 3. The number of imide groups is 1. The van der Waals surface area contributed by atoms with Gasteiger partial charge in [0.05, 0.1) is 56.3 Å². The van der Waals surface area contributed by atoms with Crippen molar-refractivity contribution >= 4 is 88.6 Å². The lowest BCUT2D eigenvalue weighted by atomic mass is 9.83. The Labute approximate surface area is 536 Å². The molecule has 7 rings (SSSR count). The molecule has 3 saturated heterocycles. The third-order valence-electron chi connectivity index (χ3n) is 16.0. The Morgan fingerprint density at radius 3 is 2.33 bits per heavy atom. The number of hydroxylamine groups is 2. The summed E-state index contributed by atoms with van der Waals surface area (Å²) in [5, 5.41) is 20.3. The van der Waals surface area contributed by atoms with E-state index in [9.17, 15) is 53.1 Å². The van der Waals surface area contributed by atoms with Gasteiger partial charge in [-0.15, -0.1) is 5.06 Å². The summed E-state index contributed by atoms with van der Waals surface area (Å²) < 4.78 is 56.2. The molecular weight excluding hydrogens is 1230 g/mol. The van der Waals surface area contributed by atoms with Crippen molar-refractivity contribution < 1.29 is 105 Å². The lowest BCUT2D eigenvalue weighted by molar-refractivity contribution is -0.196. The van der Waals surface area contributed by atoms with Crippen LogP contribution in [0.1, 0.15) is 70.9 Å². The summed E-state index contributed by atoms with van der Waals surface area (Å²) in [4.78, 5) is 141. The number of carbonyl (C=O) groups is 10. The molecule has 8 amide bonds. The maximum atomic E-state index is 14.4. The smallest absolute Gasteiger partial charge is 0.412 e. The zero-order valence-corrected chi connectivity index (χ0v) is 53.6. The zero-order chi connectivity index (χ0) is 67.2. The van der Waals surface area contributed by atoms with Gasteiger partial charge in [0.2, 0.25) is 11.8 Å². The predicted octanol–water partition coefficient (Wildman–Crippen LogP) is 4.74. The fraction of sp³-hybridized carbons (Fsp3) is 0.541. The van der Waals surface area contributed by atoms with E-state index in [0.29, 0.717) is 28.5 Å². The van der Waals surface area contributed by atoms with Gasteiger partial charge in [0.1, 0.15) is 73.4 Å². The number of methoxy groups -OCH3 is 2. The second-order valence-electron chi connectivity index (χ2n) is 22.8. The number of alkyl carbamates (subject to hydrolysis) is 1. The summed E-state index contributed by atoms with van der Waals surface area (Å²) in [5.41, 5.74) is -0.718. The Hall–Kier alpha value is -8.55. The van der Waals surface area contributed by atoms with Crippen LogP contribution in [0.25, 0.3) is 0 Å². The number of ether oxygens (including phenoxy) is 10. The van der Waals surface area contributed by atoms with Gasteiger partial charge < -0.3 is 82.2 Å². The molecule has 4 N–H and O–H groups in total. The summed E-state index contributed by atoms with van der Waals surface area (Å²) in [5.74, 6) is -4.75. The molecule has 0 saturated carbocycles. The average Bonchev–Trinajstić information content (AvgIpc) is 1.57. The largest absolute Gasteiger partial charge is 0.495 e. The Balaban J connectivity index is 0.925. The first-order valence-electron chi connectivity index (χ1n) is 29.5. The number of epoxide rings is 1. The first kappa shape index (κ1) is 70.9. The van der Waals surface area contributed by atoms with Crippen LogP contribution in [0.5, 0.6) is 5.75 Å². The highest BCUT2D eigenvalue weighted by molar-refractivity contribution is 6.35. The molecule has 9 atom stereocenters. The molecule has 2 aromatic rings. The van der Waals surface area contributed by atoms with Crippen LogP contribution in [-0.4, -0.2) is 221 Å². The summed E-state index contributed by atoms with van der Waals surface area (Å²) in [6.07, 6.45) is -0.608. The fourth-order valence-electron chi connectivity index (χ4n) is 10.3. The van der Waals surface area contributed by atoms with E-state index in [4.69, 9.17) is 63.8 Å². The number of hydrogen-bond acceptors (Lipinski definition) is 23. The minimum Gasteiger partial charge on any atom is -0.495 e. The number of allylic oxidation sites excluding steroid dienone is 3. The number of hydrogen-bond donors (Lipinski definition) is 4. The number of esters is 1. The summed E-state index contributed by atoms with van der Waals surface area (Å²) in [6, 6.07) is 6.68. The van der Waals surface area contributed by atoms with E-state index in [0.717, 1.165) is 20.9 Å². The number of halogens is 1. The third-order valence-corrected chi connectivity index (χ3v) is 16.4. The van der Waals surface area contributed by atoms with E-state index in [1.165, 1.54) is 77.3 Å². The van der Waals surface area contributed by atoms with Crippen molar-refractivity contribution in [2.24, 2.45) is 5.92 Å². The molecular formula is C61H79ClN8O22. The van der Waals surface area contributed by atoms with Crippen LogP contribution in [0.3, 0.4) is 0 Å². The van der Waals surface area contributed by atoms with Crippen LogP contribution in [0.2, 0.25) is 5.02 Å². The molecule has 2 unspecified atom stereocenters. The molecule has 0 aromatic heterocycles. The molecule has 2 aromatic carbocycles. The van der Waals surface area contributed by atoms with Gasteiger partial charge in [0, 0.05) is 73.6 Å². The molecule has 4 bridgehead atoms. The third kappa shape index (κ3) is 18.4. The summed E-state index contributed by atoms with van der Waals surface area (Å²) in [7, 11) is 8.54. The molecule has 0 radical (unpaired) electrons. The highest BCUT2D eigenvalue weighted by Crippen LogP contribution is 2.49. The average molecular weight is 1310 g/mol. The number of carbonyl (C=O) groups excluding carboxylic acids is 10. The van der Waals surface area contributed by atoms with E-state index in [2.05, 4.69) is 16.0 Å². The normalized spacial score (nSPS) is 25.7.